The van der Waals surface area contributed by atoms with Crippen molar-refractivity contribution in [3.63, 3.8) is 0 Å². The Labute approximate surface area is 99.9 Å². The SMILES string of the molecule is Cc1[nH]nc(C(=O)NCC2CCOCC2)c1N. The molecule has 4 N–H and O–H groups in total. The van der Waals surface area contributed by atoms with Gasteiger partial charge in [-0.3, -0.25) is 9.89 Å². The van der Waals surface area contributed by atoms with Crippen LogP contribution in [0.4, 0.5) is 5.69 Å². The number of rotatable bonds is 3. The van der Waals surface area contributed by atoms with Crippen LogP contribution in [0.25, 0.3) is 0 Å². The van der Waals surface area contributed by atoms with E-state index in [2.05, 4.69) is 15.5 Å². The average Bonchev–Trinajstić information content (AvgIpc) is 2.69. The van der Waals surface area contributed by atoms with Gasteiger partial charge in [0.05, 0.1) is 11.4 Å². The summed E-state index contributed by atoms with van der Waals surface area (Å²) in [5.74, 6) is 0.285. The second-order valence-electron chi connectivity index (χ2n) is 4.38. The Hall–Kier alpha value is -1.56. The Morgan fingerprint density at radius 1 is 1.59 bits per heavy atom. The topological polar surface area (TPSA) is 93.0 Å². The van der Waals surface area contributed by atoms with Gasteiger partial charge in [-0.05, 0) is 25.7 Å². The number of hydrogen-bond donors (Lipinski definition) is 3. The number of aryl methyl sites for hydroxylation is 1. The molecule has 6 heteroatoms. The molecule has 0 unspecified atom stereocenters. The molecule has 0 bridgehead atoms. The van der Waals surface area contributed by atoms with Gasteiger partial charge in [0.1, 0.15) is 0 Å². The van der Waals surface area contributed by atoms with Crippen molar-refractivity contribution in [2.24, 2.45) is 5.92 Å². The van der Waals surface area contributed by atoms with Crippen LogP contribution in [0.5, 0.6) is 0 Å². The molecule has 0 saturated carbocycles. The fourth-order valence-electron chi connectivity index (χ4n) is 1.88. The number of H-pyrrole nitrogens is 1. The highest BCUT2D eigenvalue weighted by Gasteiger charge is 2.18. The van der Waals surface area contributed by atoms with Crippen LogP contribution in [0.15, 0.2) is 0 Å². The number of nitrogen functional groups attached to an aromatic ring is 1. The number of aromatic amines is 1. The Morgan fingerprint density at radius 3 is 2.88 bits per heavy atom. The minimum Gasteiger partial charge on any atom is -0.395 e. The van der Waals surface area contributed by atoms with Crippen LogP contribution in [-0.2, 0) is 4.74 Å². The lowest BCUT2D eigenvalue weighted by molar-refractivity contribution is 0.0642. The molecule has 0 aliphatic carbocycles. The predicted molar refractivity (Wildman–Crippen MR) is 63.6 cm³/mol. The normalized spacial score (nSPS) is 17.0. The second kappa shape index (κ2) is 5.18. The van der Waals surface area contributed by atoms with Gasteiger partial charge >= 0.3 is 0 Å². The first-order chi connectivity index (χ1) is 8.18. The third-order valence-electron chi connectivity index (χ3n) is 3.10. The van der Waals surface area contributed by atoms with Crippen LogP contribution in [0.1, 0.15) is 29.0 Å². The summed E-state index contributed by atoms with van der Waals surface area (Å²) in [5, 5.41) is 9.46. The largest absolute Gasteiger partial charge is 0.395 e. The van der Waals surface area contributed by atoms with E-state index < -0.39 is 0 Å². The van der Waals surface area contributed by atoms with Gasteiger partial charge in [-0.2, -0.15) is 5.10 Å². The maximum atomic E-state index is 11.8. The number of ether oxygens (including phenoxy) is 1. The summed E-state index contributed by atoms with van der Waals surface area (Å²) in [5.41, 5.74) is 7.17. The molecule has 1 aliphatic rings. The molecule has 1 aromatic heterocycles. The van der Waals surface area contributed by atoms with E-state index in [1.807, 2.05) is 0 Å². The van der Waals surface area contributed by atoms with E-state index in [1.165, 1.54) is 0 Å². The summed E-state index contributed by atoms with van der Waals surface area (Å²) in [4.78, 5) is 11.8. The van der Waals surface area contributed by atoms with Gasteiger partial charge in [-0.15, -0.1) is 0 Å². The van der Waals surface area contributed by atoms with Crippen molar-refractivity contribution in [2.75, 3.05) is 25.5 Å². The first kappa shape index (κ1) is 11.9. The molecule has 1 aliphatic heterocycles. The highest BCUT2D eigenvalue weighted by molar-refractivity contribution is 5.97. The van der Waals surface area contributed by atoms with Gasteiger partial charge in [0, 0.05) is 19.8 Å². The predicted octanol–water partition coefficient (Wildman–Crippen LogP) is 0.457. The summed E-state index contributed by atoms with van der Waals surface area (Å²) in [6.45, 7) is 4.01. The monoisotopic (exact) mass is 238 g/mol. The molecule has 0 aromatic carbocycles. The van der Waals surface area contributed by atoms with Crippen molar-refractivity contribution in [3.8, 4) is 0 Å². The molecule has 2 rings (SSSR count). The summed E-state index contributed by atoms with van der Waals surface area (Å²) >= 11 is 0. The zero-order valence-corrected chi connectivity index (χ0v) is 9.95. The van der Waals surface area contributed by atoms with Gasteiger partial charge in [0.15, 0.2) is 5.69 Å². The third kappa shape index (κ3) is 2.76. The summed E-state index contributed by atoms with van der Waals surface area (Å²) in [7, 11) is 0. The van der Waals surface area contributed by atoms with Crippen molar-refractivity contribution >= 4 is 11.6 Å². The lowest BCUT2D eigenvalue weighted by Gasteiger charge is -2.21. The molecule has 0 spiro atoms. The number of nitrogens with two attached hydrogens (primary N) is 1. The molecule has 1 amide bonds. The van der Waals surface area contributed by atoms with Crippen molar-refractivity contribution in [3.05, 3.63) is 11.4 Å². The summed E-state index contributed by atoms with van der Waals surface area (Å²) in [6, 6.07) is 0. The van der Waals surface area contributed by atoms with E-state index in [9.17, 15) is 4.79 Å². The number of anilines is 1. The average molecular weight is 238 g/mol. The van der Waals surface area contributed by atoms with Crippen LogP contribution in [0, 0.1) is 12.8 Å². The number of aromatic nitrogens is 2. The fourth-order valence-corrected chi connectivity index (χ4v) is 1.88. The van der Waals surface area contributed by atoms with Crippen molar-refractivity contribution in [2.45, 2.75) is 19.8 Å². The molecular weight excluding hydrogens is 220 g/mol. The van der Waals surface area contributed by atoms with E-state index in [1.54, 1.807) is 6.92 Å². The standard InChI is InChI=1S/C11H18N4O2/c1-7-9(12)10(15-14-7)11(16)13-6-8-2-4-17-5-3-8/h8H,2-6,12H2,1H3,(H,13,16)(H,14,15). The zero-order valence-electron chi connectivity index (χ0n) is 9.95. The molecule has 0 atom stereocenters. The van der Waals surface area contributed by atoms with Crippen molar-refractivity contribution in [1.29, 1.82) is 0 Å². The minimum atomic E-state index is -0.210. The molecule has 0 radical (unpaired) electrons. The molecular formula is C11H18N4O2. The molecule has 1 fully saturated rings. The molecule has 1 aromatic rings. The van der Waals surface area contributed by atoms with Crippen LogP contribution in [-0.4, -0.2) is 35.9 Å². The number of nitrogens with zero attached hydrogens (tertiary/aromatic N) is 1. The lowest BCUT2D eigenvalue weighted by atomic mass is 10.0. The third-order valence-corrected chi connectivity index (χ3v) is 3.10. The Bertz CT molecular complexity index is 396. The molecule has 94 valence electrons. The zero-order chi connectivity index (χ0) is 12.3. The number of nitrogens with one attached hydrogen (secondary N) is 2. The molecule has 17 heavy (non-hydrogen) atoms. The number of hydrogen-bond acceptors (Lipinski definition) is 4. The maximum Gasteiger partial charge on any atom is 0.273 e. The van der Waals surface area contributed by atoms with Gasteiger partial charge < -0.3 is 15.8 Å². The Balaban J connectivity index is 1.86. The first-order valence-corrected chi connectivity index (χ1v) is 5.85. The van der Waals surface area contributed by atoms with E-state index in [-0.39, 0.29) is 11.6 Å². The van der Waals surface area contributed by atoms with Crippen molar-refractivity contribution < 1.29 is 9.53 Å². The Morgan fingerprint density at radius 2 is 2.29 bits per heavy atom. The highest BCUT2D eigenvalue weighted by Crippen LogP contribution is 2.15. The van der Waals surface area contributed by atoms with Gasteiger partial charge in [0.2, 0.25) is 0 Å². The number of carbonyl (C=O) groups excluding carboxylic acids is 1. The van der Waals surface area contributed by atoms with E-state index in [4.69, 9.17) is 10.5 Å². The highest BCUT2D eigenvalue weighted by atomic mass is 16.5. The number of amides is 1. The van der Waals surface area contributed by atoms with E-state index in [0.29, 0.717) is 18.2 Å². The fraction of sp³-hybridized carbons (Fsp3) is 0.636. The smallest absolute Gasteiger partial charge is 0.273 e. The summed E-state index contributed by atoms with van der Waals surface area (Å²) < 4.78 is 5.26. The van der Waals surface area contributed by atoms with Crippen LogP contribution >= 0.6 is 0 Å². The van der Waals surface area contributed by atoms with Crippen molar-refractivity contribution in [1.82, 2.24) is 15.5 Å². The molecule has 1 saturated heterocycles. The van der Waals surface area contributed by atoms with Gasteiger partial charge in [-0.1, -0.05) is 0 Å². The van der Waals surface area contributed by atoms with E-state index in [0.717, 1.165) is 31.7 Å². The first-order valence-electron chi connectivity index (χ1n) is 5.85. The lowest BCUT2D eigenvalue weighted by Crippen LogP contribution is -2.32. The van der Waals surface area contributed by atoms with E-state index >= 15 is 0 Å². The summed E-state index contributed by atoms with van der Waals surface area (Å²) in [6.07, 6.45) is 1.99. The molecule has 6 nitrogen and oxygen atoms in total. The van der Waals surface area contributed by atoms with Crippen LogP contribution in [0.2, 0.25) is 0 Å². The van der Waals surface area contributed by atoms with Crippen LogP contribution < -0.4 is 11.1 Å². The quantitative estimate of drug-likeness (QED) is 0.713. The van der Waals surface area contributed by atoms with Gasteiger partial charge in [0.25, 0.3) is 5.91 Å². The maximum absolute atomic E-state index is 11.8. The van der Waals surface area contributed by atoms with Gasteiger partial charge in [-0.25, -0.2) is 0 Å². The van der Waals surface area contributed by atoms with Crippen LogP contribution in [0.3, 0.4) is 0 Å². The Kier molecular flexibility index (Phi) is 3.63. The number of carbonyl (C=O) groups is 1. The second-order valence-corrected chi connectivity index (χ2v) is 4.38. The molecule has 2 heterocycles. The minimum absolute atomic E-state index is 0.210.